The Kier molecular flexibility index (Phi) is 6.52. The number of rotatable bonds is 9. The lowest BCUT2D eigenvalue weighted by molar-refractivity contribution is -0.197. The van der Waals surface area contributed by atoms with E-state index < -0.39 is 12.0 Å². The van der Waals surface area contributed by atoms with Crippen LogP contribution in [-0.4, -0.2) is 68.7 Å². The van der Waals surface area contributed by atoms with E-state index in [9.17, 15) is 0 Å². The van der Waals surface area contributed by atoms with Gasteiger partial charge in [0.05, 0.1) is 6.33 Å². The number of aromatic nitrogens is 4. The summed E-state index contributed by atoms with van der Waals surface area (Å²) in [6.45, 7) is 5.67. The van der Waals surface area contributed by atoms with Gasteiger partial charge in [-0.3, -0.25) is 4.57 Å². The minimum Gasteiger partial charge on any atom is -0.382 e. The predicted octanol–water partition coefficient (Wildman–Crippen LogP) is 3.17. The average Bonchev–Trinajstić information content (AvgIpc) is 3.46. The lowest BCUT2D eigenvalue weighted by atomic mass is 10.1. The average molecular weight is 467 g/mol. The molecule has 34 heavy (non-hydrogen) atoms. The number of aryl methyl sites for hydroxylation is 1. The van der Waals surface area contributed by atoms with E-state index in [1.165, 1.54) is 24.7 Å². The normalized spacial score (nSPS) is 25.9. The maximum atomic E-state index is 6.50. The molecule has 4 atom stereocenters. The molecule has 0 amide bonds. The summed E-state index contributed by atoms with van der Waals surface area (Å²) >= 11 is 0. The van der Waals surface area contributed by atoms with Gasteiger partial charge < -0.3 is 24.8 Å². The van der Waals surface area contributed by atoms with Gasteiger partial charge in [0.25, 0.3) is 0 Å². The molecule has 0 aliphatic carbocycles. The molecule has 2 fully saturated rings. The van der Waals surface area contributed by atoms with Crippen molar-refractivity contribution in [3.8, 4) is 0 Å². The van der Waals surface area contributed by atoms with Crippen LogP contribution in [0.2, 0.25) is 0 Å². The van der Waals surface area contributed by atoms with Crippen molar-refractivity contribution in [2.75, 3.05) is 25.9 Å². The quantitative estimate of drug-likeness (QED) is 0.480. The number of unbranched alkanes of at least 4 members (excludes halogenated alkanes) is 2. The van der Waals surface area contributed by atoms with Crippen LogP contribution in [0.5, 0.6) is 0 Å². The highest BCUT2D eigenvalue weighted by Gasteiger charge is 2.56. The summed E-state index contributed by atoms with van der Waals surface area (Å²) < 4.78 is 20.9. The standard InChI is InChI=1S/C25H34N6O3/c1-25(2)33-20-18(14-30(3)13-9-5-8-12-17-10-6-4-7-11-17)32-24(21(20)34-25)31-16-29-19-22(26)27-15-28-23(19)31/h4,6-7,10-11,15-16,18,20-21,24H,5,8-9,12-14H2,1-3H3,(H2,26,27,28)/t18-,20-,21-,24-/m1/s1. The Morgan fingerprint density at radius 3 is 2.65 bits per heavy atom. The lowest BCUT2D eigenvalue weighted by Gasteiger charge is -2.27. The van der Waals surface area contributed by atoms with Gasteiger partial charge in [-0.1, -0.05) is 36.8 Å². The Morgan fingerprint density at radius 1 is 1.03 bits per heavy atom. The number of fused-ring (bicyclic) bond motifs is 2. The number of hydrogen-bond donors (Lipinski definition) is 1. The fourth-order valence-corrected chi connectivity index (χ4v) is 5.02. The van der Waals surface area contributed by atoms with Crippen molar-refractivity contribution < 1.29 is 14.2 Å². The molecule has 2 saturated heterocycles. The van der Waals surface area contributed by atoms with Gasteiger partial charge in [-0.05, 0) is 52.3 Å². The fraction of sp³-hybridized carbons (Fsp3) is 0.560. The maximum absolute atomic E-state index is 6.50. The van der Waals surface area contributed by atoms with Crippen LogP contribution in [-0.2, 0) is 20.6 Å². The van der Waals surface area contributed by atoms with Crippen LogP contribution in [0.1, 0.15) is 44.9 Å². The van der Waals surface area contributed by atoms with Crippen LogP contribution in [0.3, 0.4) is 0 Å². The molecule has 0 radical (unpaired) electrons. The van der Waals surface area contributed by atoms with Crippen molar-refractivity contribution in [2.45, 2.75) is 69.9 Å². The molecule has 2 N–H and O–H groups in total. The largest absolute Gasteiger partial charge is 0.382 e. The third-order valence-corrected chi connectivity index (χ3v) is 6.63. The Bertz CT molecular complexity index is 1100. The monoisotopic (exact) mass is 466 g/mol. The topological polar surface area (TPSA) is 101 Å². The van der Waals surface area contributed by atoms with Gasteiger partial charge in [-0.15, -0.1) is 0 Å². The van der Waals surface area contributed by atoms with Crippen molar-refractivity contribution in [1.82, 2.24) is 24.4 Å². The van der Waals surface area contributed by atoms with E-state index >= 15 is 0 Å². The zero-order valence-corrected chi connectivity index (χ0v) is 20.1. The van der Waals surface area contributed by atoms with E-state index in [-0.39, 0.29) is 18.3 Å². The second-order valence-electron chi connectivity index (χ2n) is 9.77. The molecule has 9 heteroatoms. The number of ether oxygens (including phenoxy) is 3. The van der Waals surface area contributed by atoms with Gasteiger partial charge in [-0.25, -0.2) is 15.0 Å². The van der Waals surface area contributed by atoms with Gasteiger partial charge >= 0.3 is 0 Å². The Hall–Kier alpha value is -2.59. The Morgan fingerprint density at radius 2 is 1.82 bits per heavy atom. The molecule has 4 heterocycles. The molecule has 1 aromatic carbocycles. The molecule has 5 rings (SSSR count). The van der Waals surface area contributed by atoms with Crippen molar-refractivity contribution in [3.63, 3.8) is 0 Å². The van der Waals surface area contributed by atoms with Crippen molar-refractivity contribution in [3.05, 3.63) is 48.5 Å². The van der Waals surface area contributed by atoms with E-state index in [1.807, 2.05) is 18.4 Å². The smallest absolute Gasteiger partial charge is 0.167 e. The second kappa shape index (κ2) is 9.58. The summed E-state index contributed by atoms with van der Waals surface area (Å²) in [5.74, 6) is -0.318. The van der Waals surface area contributed by atoms with Gasteiger partial charge in [0.15, 0.2) is 23.5 Å². The van der Waals surface area contributed by atoms with Crippen LogP contribution in [0.25, 0.3) is 11.2 Å². The molecule has 3 aromatic rings. The number of nitrogen functional groups attached to an aromatic ring is 1. The van der Waals surface area contributed by atoms with Crippen LogP contribution in [0, 0.1) is 0 Å². The number of nitrogens with two attached hydrogens (primary N) is 1. The van der Waals surface area contributed by atoms with E-state index in [0.717, 1.165) is 25.9 Å². The third kappa shape index (κ3) is 4.79. The first-order valence-corrected chi connectivity index (χ1v) is 12.1. The number of hydrogen-bond acceptors (Lipinski definition) is 8. The summed E-state index contributed by atoms with van der Waals surface area (Å²) in [7, 11) is 2.14. The van der Waals surface area contributed by atoms with E-state index in [1.54, 1.807) is 6.33 Å². The molecule has 0 unspecified atom stereocenters. The Labute approximate surface area is 200 Å². The highest BCUT2D eigenvalue weighted by molar-refractivity contribution is 5.81. The van der Waals surface area contributed by atoms with Crippen LogP contribution in [0.15, 0.2) is 43.0 Å². The maximum Gasteiger partial charge on any atom is 0.167 e. The van der Waals surface area contributed by atoms with Gasteiger partial charge in [0, 0.05) is 6.54 Å². The molecule has 0 bridgehead atoms. The second-order valence-corrected chi connectivity index (χ2v) is 9.77. The first-order chi connectivity index (χ1) is 16.4. The third-order valence-electron chi connectivity index (χ3n) is 6.63. The van der Waals surface area contributed by atoms with Crippen LogP contribution in [0.4, 0.5) is 5.82 Å². The summed E-state index contributed by atoms with van der Waals surface area (Å²) in [5.41, 5.74) is 8.59. The van der Waals surface area contributed by atoms with Crippen molar-refractivity contribution in [2.24, 2.45) is 0 Å². The molecule has 0 spiro atoms. The predicted molar refractivity (Wildman–Crippen MR) is 129 cm³/mol. The SMILES string of the molecule is CN(CCCCCc1ccccc1)C[C@H]1O[C@@H](n2cnc3c(N)ncnc32)[C@@H]2OC(C)(C)O[C@@H]21. The van der Waals surface area contributed by atoms with E-state index in [0.29, 0.717) is 17.0 Å². The van der Waals surface area contributed by atoms with Crippen molar-refractivity contribution in [1.29, 1.82) is 0 Å². The van der Waals surface area contributed by atoms with Crippen LogP contribution < -0.4 is 5.73 Å². The van der Waals surface area contributed by atoms with Gasteiger partial charge in [0.1, 0.15) is 30.2 Å². The van der Waals surface area contributed by atoms with Crippen LogP contribution >= 0.6 is 0 Å². The van der Waals surface area contributed by atoms with Crippen molar-refractivity contribution >= 4 is 17.0 Å². The Balaban J connectivity index is 1.20. The first-order valence-electron chi connectivity index (χ1n) is 12.1. The van der Waals surface area contributed by atoms with E-state index in [4.69, 9.17) is 19.9 Å². The number of imidazole rings is 1. The molecule has 2 aromatic heterocycles. The minimum absolute atomic E-state index is 0.122. The van der Waals surface area contributed by atoms with Gasteiger partial charge in [-0.2, -0.15) is 0 Å². The minimum atomic E-state index is -0.671. The molecular formula is C25H34N6O3. The highest BCUT2D eigenvalue weighted by atomic mass is 16.8. The number of nitrogens with zero attached hydrogens (tertiary/aromatic N) is 5. The summed E-state index contributed by atoms with van der Waals surface area (Å²) in [6.07, 6.45) is 6.89. The number of anilines is 1. The zero-order chi connectivity index (χ0) is 23.7. The summed E-state index contributed by atoms with van der Waals surface area (Å²) in [5, 5.41) is 0. The zero-order valence-electron chi connectivity index (χ0n) is 20.1. The molecule has 2 aliphatic rings. The summed E-state index contributed by atoms with van der Waals surface area (Å²) in [6, 6.07) is 10.7. The molecular weight excluding hydrogens is 432 g/mol. The highest BCUT2D eigenvalue weighted by Crippen LogP contribution is 2.44. The first kappa shape index (κ1) is 23.2. The number of benzene rings is 1. The fourth-order valence-electron chi connectivity index (χ4n) is 5.02. The summed E-state index contributed by atoms with van der Waals surface area (Å²) in [4.78, 5) is 15.2. The van der Waals surface area contributed by atoms with E-state index in [2.05, 4.69) is 57.2 Å². The lowest BCUT2D eigenvalue weighted by Crippen LogP contribution is -2.38. The number of likely N-dealkylation sites (N-methyl/N-ethyl adjacent to an activating group) is 1. The molecule has 9 nitrogen and oxygen atoms in total. The molecule has 182 valence electrons. The van der Waals surface area contributed by atoms with Gasteiger partial charge in [0.2, 0.25) is 0 Å². The molecule has 2 aliphatic heterocycles. The molecule has 0 saturated carbocycles.